The second-order valence-electron chi connectivity index (χ2n) is 5.33. The minimum absolute atomic E-state index is 0.0230. The molecule has 0 aliphatic carbocycles. The van der Waals surface area contributed by atoms with Crippen molar-refractivity contribution >= 4 is 5.78 Å². The van der Waals surface area contributed by atoms with E-state index in [1.807, 2.05) is 34.6 Å². The average molecular weight is 239 g/mol. The fraction of sp³-hybridized carbons (Fsp3) is 0.750. The Hall–Kier alpha value is -1.23. The lowest BCUT2D eigenvalue weighted by molar-refractivity contribution is -0.127. The molecule has 0 radical (unpaired) electrons. The van der Waals surface area contributed by atoms with Gasteiger partial charge >= 0.3 is 0 Å². The van der Waals surface area contributed by atoms with Crippen LogP contribution in [0.3, 0.4) is 0 Å². The maximum Gasteiger partial charge on any atom is 0.166 e. The molecule has 1 aromatic heterocycles. The van der Waals surface area contributed by atoms with Crippen molar-refractivity contribution in [2.75, 3.05) is 6.61 Å². The predicted octanol–water partition coefficient (Wildman–Crippen LogP) is 1.79. The molecule has 0 amide bonds. The Morgan fingerprint density at radius 3 is 2.65 bits per heavy atom. The van der Waals surface area contributed by atoms with Crippen molar-refractivity contribution in [2.45, 2.75) is 52.7 Å². The molecule has 0 saturated heterocycles. The number of hydrogen-bond acceptors (Lipinski definition) is 4. The van der Waals surface area contributed by atoms with Crippen molar-refractivity contribution < 1.29 is 9.53 Å². The van der Waals surface area contributed by atoms with Gasteiger partial charge < -0.3 is 4.74 Å². The highest BCUT2D eigenvalue weighted by Crippen LogP contribution is 2.09. The molecule has 1 rings (SSSR count). The van der Waals surface area contributed by atoms with Gasteiger partial charge in [0.2, 0.25) is 0 Å². The SMILES string of the molecule is CC(C)n1ncnc1CC(=O)COC(C)(C)C. The summed E-state index contributed by atoms with van der Waals surface area (Å²) in [6.07, 6.45) is 1.75. The summed E-state index contributed by atoms with van der Waals surface area (Å²) >= 11 is 0. The predicted molar refractivity (Wildman–Crippen MR) is 64.8 cm³/mol. The van der Waals surface area contributed by atoms with E-state index in [0.717, 1.165) is 0 Å². The Morgan fingerprint density at radius 2 is 2.12 bits per heavy atom. The molecule has 96 valence electrons. The zero-order valence-electron chi connectivity index (χ0n) is 11.2. The van der Waals surface area contributed by atoms with Gasteiger partial charge in [0.05, 0.1) is 12.0 Å². The average Bonchev–Trinajstić information content (AvgIpc) is 2.62. The number of hydrogen-bond donors (Lipinski definition) is 0. The normalized spacial score (nSPS) is 12.1. The van der Waals surface area contributed by atoms with E-state index in [-0.39, 0.29) is 30.5 Å². The summed E-state index contributed by atoms with van der Waals surface area (Å²) in [5.41, 5.74) is -0.290. The lowest BCUT2D eigenvalue weighted by Gasteiger charge is -2.18. The van der Waals surface area contributed by atoms with Gasteiger partial charge in [0.25, 0.3) is 0 Å². The molecule has 0 aliphatic heterocycles. The van der Waals surface area contributed by atoms with Gasteiger partial charge in [-0.05, 0) is 34.6 Å². The van der Waals surface area contributed by atoms with E-state index < -0.39 is 0 Å². The maximum atomic E-state index is 11.7. The van der Waals surface area contributed by atoms with Gasteiger partial charge in [0.1, 0.15) is 18.8 Å². The summed E-state index contributed by atoms with van der Waals surface area (Å²) in [6, 6.07) is 0.212. The molecule has 0 atom stereocenters. The van der Waals surface area contributed by atoms with Crippen LogP contribution in [0.2, 0.25) is 0 Å². The third kappa shape index (κ3) is 4.65. The Labute approximate surface area is 102 Å². The van der Waals surface area contributed by atoms with Gasteiger partial charge in [-0.15, -0.1) is 0 Å². The van der Waals surface area contributed by atoms with Crippen LogP contribution in [0.1, 0.15) is 46.5 Å². The number of carbonyl (C=O) groups excluding carboxylic acids is 1. The number of ketones is 1. The van der Waals surface area contributed by atoms with Crippen molar-refractivity contribution in [2.24, 2.45) is 0 Å². The molecule has 0 aromatic carbocycles. The first-order valence-corrected chi connectivity index (χ1v) is 5.83. The van der Waals surface area contributed by atoms with Crippen LogP contribution in [0.5, 0.6) is 0 Å². The highest BCUT2D eigenvalue weighted by atomic mass is 16.5. The monoisotopic (exact) mass is 239 g/mol. The number of Topliss-reactive ketones (excluding diaryl/α,β-unsaturated/α-hetero) is 1. The van der Waals surface area contributed by atoms with Gasteiger partial charge in [0, 0.05) is 6.04 Å². The highest BCUT2D eigenvalue weighted by Gasteiger charge is 2.16. The van der Waals surface area contributed by atoms with E-state index in [0.29, 0.717) is 5.82 Å². The van der Waals surface area contributed by atoms with Crippen molar-refractivity contribution in [3.05, 3.63) is 12.2 Å². The van der Waals surface area contributed by atoms with Gasteiger partial charge in [-0.25, -0.2) is 9.67 Å². The first-order valence-electron chi connectivity index (χ1n) is 5.83. The Balaban J connectivity index is 2.54. The summed E-state index contributed by atoms with van der Waals surface area (Å²) in [5, 5.41) is 4.09. The van der Waals surface area contributed by atoms with E-state index in [4.69, 9.17) is 4.74 Å². The summed E-state index contributed by atoms with van der Waals surface area (Å²) in [5.74, 6) is 0.720. The quantitative estimate of drug-likeness (QED) is 0.786. The van der Waals surface area contributed by atoms with E-state index in [1.165, 1.54) is 6.33 Å². The zero-order chi connectivity index (χ0) is 13.1. The summed E-state index contributed by atoms with van der Waals surface area (Å²) in [4.78, 5) is 15.8. The van der Waals surface area contributed by atoms with Crippen LogP contribution in [0, 0.1) is 0 Å². The summed E-state index contributed by atoms with van der Waals surface area (Å²) in [6.45, 7) is 9.92. The maximum absolute atomic E-state index is 11.7. The van der Waals surface area contributed by atoms with Crippen LogP contribution in [0.25, 0.3) is 0 Å². The number of ether oxygens (including phenoxy) is 1. The molecule has 17 heavy (non-hydrogen) atoms. The molecule has 5 nitrogen and oxygen atoms in total. The van der Waals surface area contributed by atoms with E-state index in [1.54, 1.807) is 4.68 Å². The van der Waals surface area contributed by atoms with Crippen LogP contribution < -0.4 is 0 Å². The van der Waals surface area contributed by atoms with Gasteiger partial charge in [-0.2, -0.15) is 5.10 Å². The van der Waals surface area contributed by atoms with Crippen molar-refractivity contribution in [3.63, 3.8) is 0 Å². The number of nitrogens with zero attached hydrogens (tertiary/aromatic N) is 3. The molecule has 0 aliphatic rings. The number of carbonyl (C=O) groups is 1. The van der Waals surface area contributed by atoms with Crippen LogP contribution in [-0.4, -0.2) is 32.8 Å². The van der Waals surface area contributed by atoms with E-state index in [9.17, 15) is 4.79 Å². The molecule has 0 saturated carbocycles. The van der Waals surface area contributed by atoms with Gasteiger partial charge in [0.15, 0.2) is 5.78 Å². The number of aromatic nitrogens is 3. The molecular weight excluding hydrogens is 218 g/mol. The fourth-order valence-corrected chi connectivity index (χ4v) is 1.36. The van der Waals surface area contributed by atoms with E-state index in [2.05, 4.69) is 10.1 Å². The molecule has 0 spiro atoms. The van der Waals surface area contributed by atoms with Crippen molar-refractivity contribution in [1.82, 2.24) is 14.8 Å². The molecule has 1 aromatic rings. The third-order valence-corrected chi connectivity index (χ3v) is 2.16. The molecule has 1 heterocycles. The molecule has 0 fully saturated rings. The first-order chi connectivity index (χ1) is 7.79. The zero-order valence-corrected chi connectivity index (χ0v) is 11.2. The summed E-state index contributed by atoms with van der Waals surface area (Å²) in [7, 11) is 0. The first kappa shape index (κ1) is 13.8. The number of rotatable bonds is 5. The Kier molecular flexibility index (Phi) is 4.40. The largest absolute Gasteiger partial charge is 0.368 e. The van der Waals surface area contributed by atoms with Crippen LogP contribution in [0.4, 0.5) is 0 Å². The Morgan fingerprint density at radius 1 is 1.47 bits per heavy atom. The second kappa shape index (κ2) is 5.40. The minimum atomic E-state index is -0.290. The molecular formula is C12H21N3O2. The van der Waals surface area contributed by atoms with Crippen molar-refractivity contribution in [3.8, 4) is 0 Å². The van der Waals surface area contributed by atoms with E-state index >= 15 is 0 Å². The van der Waals surface area contributed by atoms with Gasteiger partial charge in [-0.1, -0.05) is 0 Å². The Bertz CT molecular complexity index is 377. The van der Waals surface area contributed by atoms with Gasteiger partial charge in [-0.3, -0.25) is 4.79 Å². The second-order valence-corrected chi connectivity index (χ2v) is 5.33. The molecule has 0 unspecified atom stereocenters. The third-order valence-electron chi connectivity index (χ3n) is 2.16. The lowest BCUT2D eigenvalue weighted by atomic mass is 10.2. The standard InChI is InChI=1S/C12H21N3O2/c1-9(2)15-11(13-8-14-15)6-10(16)7-17-12(3,4)5/h8-9H,6-7H2,1-5H3. The summed E-state index contributed by atoms with van der Waals surface area (Å²) < 4.78 is 7.19. The molecule has 0 N–H and O–H groups in total. The smallest absolute Gasteiger partial charge is 0.166 e. The van der Waals surface area contributed by atoms with Crippen LogP contribution in [0.15, 0.2) is 6.33 Å². The highest BCUT2D eigenvalue weighted by molar-refractivity contribution is 5.81. The lowest BCUT2D eigenvalue weighted by Crippen LogP contribution is -2.25. The van der Waals surface area contributed by atoms with Crippen molar-refractivity contribution in [1.29, 1.82) is 0 Å². The van der Waals surface area contributed by atoms with Crippen LogP contribution in [-0.2, 0) is 16.0 Å². The fourth-order valence-electron chi connectivity index (χ4n) is 1.36. The topological polar surface area (TPSA) is 57.0 Å². The molecule has 5 heteroatoms. The molecule has 0 bridgehead atoms. The van der Waals surface area contributed by atoms with Crippen LogP contribution >= 0.6 is 0 Å². The minimum Gasteiger partial charge on any atom is -0.368 e.